The fourth-order valence-electron chi connectivity index (χ4n) is 4.35. The first-order valence-electron chi connectivity index (χ1n) is 8.41. The largest absolute Gasteiger partial charge is 0.497 e. The molecule has 0 bridgehead atoms. The molecule has 1 fully saturated rings. The Labute approximate surface area is 141 Å². The van der Waals surface area contributed by atoms with Crippen molar-refractivity contribution in [1.29, 1.82) is 0 Å². The molecule has 0 aliphatic carbocycles. The highest BCUT2D eigenvalue weighted by atomic mass is 16.5. The first kappa shape index (κ1) is 13.7. The van der Waals surface area contributed by atoms with Crippen molar-refractivity contribution in [2.75, 3.05) is 18.6 Å². The molecular weight excluding hydrogens is 298 g/mol. The highest BCUT2D eigenvalue weighted by molar-refractivity contribution is 5.82. The van der Waals surface area contributed by atoms with E-state index in [1.54, 1.807) is 7.11 Å². The maximum atomic E-state index is 5.49. The number of hydrogen-bond acceptors (Lipinski definition) is 3. The Kier molecular flexibility index (Phi) is 2.77. The van der Waals surface area contributed by atoms with E-state index in [1.807, 2.05) is 12.3 Å². The number of fused-ring (bicyclic) bond motifs is 6. The summed E-state index contributed by atoms with van der Waals surface area (Å²) in [5, 5.41) is 4.73. The van der Waals surface area contributed by atoms with Gasteiger partial charge < -0.3 is 9.64 Å². The van der Waals surface area contributed by atoms with Crippen LogP contribution in [-0.4, -0.2) is 23.4 Å². The Bertz CT molecular complexity index is 902. The predicted molar refractivity (Wildman–Crippen MR) is 94.3 cm³/mol. The topological polar surface area (TPSA) is 30.3 Å². The van der Waals surface area contributed by atoms with E-state index in [1.165, 1.54) is 22.5 Å². The molecule has 4 nitrogen and oxygen atoms in total. The van der Waals surface area contributed by atoms with E-state index in [2.05, 4.69) is 58.1 Å². The lowest BCUT2D eigenvalue weighted by molar-refractivity contribution is 0.330. The zero-order chi connectivity index (χ0) is 16.1. The van der Waals surface area contributed by atoms with Crippen LogP contribution in [0.5, 0.6) is 5.75 Å². The van der Waals surface area contributed by atoms with Gasteiger partial charge in [-0.15, -0.1) is 0 Å². The second kappa shape index (κ2) is 4.87. The molecule has 1 aromatic heterocycles. The number of ether oxygens (including phenoxy) is 1. The second-order valence-corrected chi connectivity index (χ2v) is 6.45. The fraction of sp³-hybridized carbons (Fsp3) is 0.250. The zero-order valence-electron chi connectivity index (χ0n) is 13.6. The average Bonchev–Trinajstić information content (AvgIpc) is 3.30. The van der Waals surface area contributed by atoms with Crippen molar-refractivity contribution in [2.45, 2.75) is 18.5 Å². The van der Waals surface area contributed by atoms with E-state index < -0.39 is 0 Å². The summed E-state index contributed by atoms with van der Waals surface area (Å²) < 4.78 is 7.70. The molecule has 1 unspecified atom stereocenters. The molecule has 3 aromatic rings. The Hall–Kier alpha value is -2.75. The van der Waals surface area contributed by atoms with Crippen molar-refractivity contribution in [3.05, 3.63) is 66.4 Å². The van der Waals surface area contributed by atoms with Crippen LogP contribution in [0, 0.1) is 0 Å². The molecule has 3 heterocycles. The summed E-state index contributed by atoms with van der Waals surface area (Å²) in [5.41, 5.74) is 4.69. The number of benzene rings is 2. The van der Waals surface area contributed by atoms with Gasteiger partial charge in [-0.25, -0.2) is 4.68 Å². The number of rotatable bonds is 2. The van der Waals surface area contributed by atoms with Crippen LogP contribution in [-0.2, 0) is 5.66 Å². The molecule has 0 saturated carbocycles. The van der Waals surface area contributed by atoms with E-state index in [0.29, 0.717) is 0 Å². The van der Waals surface area contributed by atoms with E-state index in [-0.39, 0.29) is 5.66 Å². The third-order valence-corrected chi connectivity index (χ3v) is 5.35. The minimum atomic E-state index is -0.237. The van der Waals surface area contributed by atoms with Gasteiger partial charge in [-0.05, 0) is 36.6 Å². The normalized spacial score (nSPS) is 21.1. The molecule has 1 atom stereocenters. The van der Waals surface area contributed by atoms with Crippen LogP contribution in [0.4, 0.5) is 5.69 Å². The van der Waals surface area contributed by atoms with E-state index in [4.69, 9.17) is 9.84 Å². The zero-order valence-corrected chi connectivity index (χ0v) is 13.6. The standard InChI is InChI=1S/C20H19N3O/c1-24-16-8-9-17-18-10-12-21-23(18)20(15-6-3-2-4-7-15)11-5-13-22(20)19(17)14-16/h2-4,6-10,12,14H,5,11,13H2,1H3. The molecule has 0 amide bonds. The van der Waals surface area contributed by atoms with Gasteiger partial charge in [-0.1, -0.05) is 30.3 Å². The van der Waals surface area contributed by atoms with Gasteiger partial charge >= 0.3 is 0 Å². The third kappa shape index (κ3) is 1.60. The lowest BCUT2D eigenvalue weighted by atomic mass is 9.92. The lowest BCUT2D eigenvalue weighted by Gasteiger charge is -2.45. The van der Waals surface area contributed by atoms with Crippen LogP contribution in [0.25, 0.3) is 11.3 Å². The van der Waals surface area contributed by atoms with Crippen molar-refractivity contribution in [3.8, 4) is 17.0 Å². The Morgan fingerprint density at radius 2 is 1.96 bits per heavy atom. The number of anilines is 1. The van der Waals surface area contributed by atoms with Crippen LogP contribution in [0.1, 0.15) is 18.4 Å². The van der Waals surface area contributed by atoms with Crippen LogP contribution < -0.4 is 9.64 Å². The smallest absolute Gasteiger partial charge is 0.160 e. The Morgan fingerprint density at radius 1 is 1.08 bits per heavy atom. The molecule has 120 valence electrons. The average molecular weight is 317 g/mol. The van der Waals surface area contributed by atoms with E-state index in [0.717, 1.165) is 25.1 Å². The first-order valence-corrected chi connectivity index (χ1v) is 8.41. The van der Waals surface area contributed by atoms with Crippen molar-refractivity contribution in [1.82, 2.24) is 9.78 Å². The summed E-state index contributed by atoms with van der Waals surface area (Å²) in [4.78, 5) is 2.50. The molecule has 0 radical (unpaired) electrons. The van der Waals surface area contributed by atoms with Gasteiger partial charge in [0.05, 0.1) is 18.5 Å². The SMILES string of the molecule is COc1ccc2c(c1)N1CCCC1(c1ccccc1)n1nccc1-2. The summed E-state index contributed by atoms with van der Waals surface area (Å²) in [6.07, 6.45) is 4.11. The molecule has 0 spiro atoms. The predicted octanol–water partition coefficient (Wildman–Crippen LogP) is 3.87. The molecule has 0 N–H and O–H groups in total. The van der Waals surface area contributed by atoms with Gasteiger partial charge in [-0.2, -0.15) is 5.10 Å². The lowest BCUT2D eigenvalue weighted by Crippen LogP contribution is -2.50. The molecule has 5 rings (SSSR count). The summed E-state index contributed by atoms with van der Waals surface area (Å²) >= 11 is 0. The summed E-state index contributed by atoms with van der Waals surface area (Å²) in [6.45, 7) is 1.02. The van der Waals surface area contributed by atoms with Crippen molar-refractivity contribution < 1.29 is 4.74 Å². The summed E-state index contributed by atoms with van der Waals surface area (Å²) in [7, 11) is 1.73. The highest BCUT2D eigenvalue weighted by Crippen LogP contribution is 2.51. The quantitative estimate of drug-likeness (QED) is 0.719. The van der Waals surface area contributed by atoms with Crippen molar-refractivity contribution in [3.63, 3.8) is 0 Å². The fourth-order valence-corrected chi connectivity index (χ4v) is 4.35. The first-order chi connectivity index (χ1) is 11.8. The molecule has 4 heteroatoms. The van der Waals surface area contributed by atoms with Crippen LogP contribution >= 0.6 is 0 Å². The maximum absolute atomic E-state index is 5.49. The Morgan fingerprint density at radius 3 is 2.79 bits per heavy atom. The Balaban J connectivity index is 1.83. The van der Waals surface area contributed by atoms with Crippen LogP contribution in [0.15, 0.2) is 60.8 Å². The van der Waals surface area contributed by atoms with Gasteiger partial charge in [-0.3, -0.25) is 0 Å². The highest BCUT2D eigenvalue weighted by Gasteiger charge is 2.49. The number of nitrogens with zero attached hydrogens (tertiary/aromatic N) is 3. The molecule has 2 aliphatic rings. The minimum absolute atomic E-state index is 0.237. The van der Waals surface area contributed by atoms with Crippen LogP contribution in [0.3, 0.4) is 0 Å². The molecule has 1 saturated heterocycles. The number of methoxy groups -OCH3 is 1. The van der Waals surface area contributed by atoms with Gasteiger partial charge in [0.15, 0.2) is 5.66 Å². The minimum Gasteiger partial charge on any atom is -0.497 e. The van der Waals surface area contributed by atoms with Crippen LogP contribution in [0.2, 0.25) is 0 Å². The molecule has 2 aliphatic heterocycles. The van der Waals surface area contributed by atoms with E-state index in [9.17, 15) is 0 Å². The van der Waals surface area contributed by atoms with Crippen molar-refractivity contribution >= 4 is 5.69 Å². The second-order valence-electron chi connectivity index (χ2n) is 6.45. The summed E-state index contributed by atoms with van der Waals surface area (Å²) in [6, 6.07) is 19.2. The number of hydrogen-bond donors (Lipinski definition) is 0. The van der Waals surface area contributed by atoms with Gasteiger partial charge in [0.25, 0.3) is 0 Å². The third-order valence-electron chi connectivity index (χ3n) is 5.35. The molecular formula is C20H19N3O. The molecule has 24 heavy (non-hydrogen) atoms. The summed E-state index contributed by atoms with van der Waals surface area (Å²) in [5.74, 6) is 0.899. The maximum Gasteiger partial charge on any atom is 0.160 e. The van der Waals surface area contributed by atoms with E-state index >= 15 is 0 Å². The monoisotopic (exact) mass is 317 g/mol. The van der Waals surface area contributed by atoms with Crippen molar-refractivity contribution in [2.24, 2.45) is 0 Å². The molecule has 2 aromatic carbocycles. The van der Waals surface area contributed by atoms with Gasteiger partial charge in [0.1, 0.15) is 5.75 Å². The van der Waals surface area contributed by atoms with Gasteiger partial charge in [0, 0.05) is 24.4 Å². The number of aromatic nitrogens is 2. The van der Waals surface area contributed by atoms with Gasteiger partial charge in [0.2, 0.25) is 0 Å².